The van der Waals surface area contributed by atoms with Crippen LogP contribution in [0.1, 0.15) is 12.8 Å². The van der Waals surface area contributed by atoms with E-state index < -0.39 is 5.97 Å². The highest BCUT2D eigenvalue weighted by Gasteiger charge is 2.25. The predicted molar refractivity (Wildman–Crippen MR) is 80.0 cm³/mol. The third-order valence-corrected chi connectivity index (χ3v) is 3.91. The summed E-state index contributed by atoms with van der Waals surface area (Å²) in [6.07, 6.45) is 2.90. The van der Waals surface area contributed by atoms with Crippen molar-refractivity contribution in [3.63, 3.8) is 0 Å². The zero-order chi connectivity index (χ0) is 15.5. The molecule has 0 unspecified atom stereocenters. The second-order valence-corrected chi connectivity index (χ2v) is 5.34. The number of aliphatic carboxylic acids is 1. The molecule has 1 aliphatic rings. The molecule has 22 heavy (non-hydrogen) atoms. The largest absolute Gasteiger partial charge is 0.481 e. The van der Waals surface area contributed by atoms with Crippen molar-refractivity contribution in [1.82, 2.24) is 9.97 Å². The van der Waals surface area contributed by atoms with E-state index in [9.17, 15) is 9.18 Å². The van der Waals surface area contributed by atoms with Gasteiger partial charge in [0.25, 0.3) is 0 Å². The summed E-state index contributed by atoms with van der Waals surface area (Å²) in [5, 5.41) is 9.04. The minimum Gasteiger partial charge on any atom is -0.481 e. The molecule has 0 amide bonds. The van der Waals surface area contributed by atoms with Crippen LogP contribution >= 0.6 is 0 Å². The monoisotopic (exact) mass is 301 g/mol. The smallest absolute Gasteiger partial charge is 0.306 e. The number of hydrogen-bond acceptors (Lipinski definition) is 4. The number of piperidine rings is 1. The molecule has 2 aromatic rings. The molecular weight excluding hydrogens is 285 g/mol. The van der Waals surface area contributed by atoms with Crippen LogP contribution in [0.2, 0.25) is 0 Å². The first-order valence-electron chi connectivity index (χ1n) is 7.20. The lowest BCUT2D eigenvalue weighted by molar-refractivity contribution is -0.142. The Balaban J connectivity index is 1.77. The number of aromatic nitrogens is 2. The van der Waals surface area contributed by atoms with Gasteiger partial charge in [0.1, 0.15) is 11.6 Å². The normalized spacial score (nSPS) is 15.8. The van der Waals surface area contributed by atoms with Gasteiger partial charge in [0.15, 0.2) is 5.82 Å². The SMILES string of the molecule is O=C(O)C1CCN(c2ccnc(-c3ccc(F)cc3)n2)CC1. The fourth-order valence-corrected chi connectivity index (χ4v) is 2.62. The van der Waals surface area contributed by atoms with Crippen LogP contribution in [-0.4, -0.2) is 34.1 Å². The number of nitrogens with zero attached hydrogens (tertiary/aromatic N) is 3. The second-order valence-electron chi connectivity index (χ2n) is 5.34. The van der Waals surface area contributed by atoms with Crippen molar-refractivity contribution in [2.45, 2.75) is 12.8 Å². The van der Waals surface area contributed by atoms with E-state index in [1.54, 1.807) is 18.3 Å². The molecule has 1 aromatic heterocycles. The third-order valence-electron chi connectivity index (χ3n) is 3.91. The first-order valence-corrected chi connectivity index (χ1v) is 7.20. The van der Waals surface area contributed by atoms with Crippen LogP contribution in [0.5, 0.6) is 0 Å². The van der Waals surface area contributed by atoms with Crippen LogP contribution in [0.25, 0.3) is 11.4 Å². The van der Waals surface area contributed by atoms with Gasteiger partial charge >= 0.3 is 5.97 Å². The number of carboxylic acid groups (broad SMARTS) is 1. The minimum atomic E-state index is -0.727. The van der Waals surface area contributed by atoms with Crippen molar-refractivity contribution in [3.8, 4) is 11.4 Å². The highest BCUT2D eigenvalue weighted by molar-refractivity contribution is 5.70. The first kappa shape index (κ1) is 14.4. The molecule has 5 nitrogen and oxygen atoms in total. The molecule has 0 saturated carbocycles. The van der Waals surface area contributed by atoms with Gasteiger partial charge < -0.3 is 10.0 Å². The Morgan fingerprint density at radius 1 is 1.18 bits per heavy atom. The highest BCUT2D eigenvalue weighted by Crippen LogP contribution is 2.24. The molecule has 1 saturated heterocycles. The van der Waals surface area contributed by atoms with E-state index in [-0.39, 0.29) is 11.7 Å². The molecule has 6 heteroatoms. The summed E-state index contributed by atoms with van der Waals surface area (Å²) in [4.78, 5) is 21.8. The number of hydrogen-bond donors (Lipinski definition) is 1. The van der Waals surface area contributed by atoms with Gasteiger partial charge in [-0.2, -0.15) is 0 Å². The van der Waals surface area contributed by atoms with Crippen LogP contribution in [-0.2, 0) is 4.79 Å². The first-order chi connectivity index (χ1) is 10.6. The maximum absolute atomic E-state index is 13.0. The highest BCUT2D eigenvalue weighted by atomic mass is 19.1. The van der Waals surface area contributed by atoms with Gasteiger partial charge in [-0.15, -0.1) is 0 Å². The summed E-state index contributed by atoms with van der Waals surface area (Å²) in [5.41, 5.74) is 0.753. The van der Waals surface area contributed by atoms with Crippen molar-refractivity contribution in [2.75, 3.05) is 18.0 Å². The summed E-state index contributed by atoms with van der Waals surface area (Å²) < 4.78 is 13.0. The van der Waals surface area contributed by atoms with Gasteiger partial charge in [-0.05, 0) is 43.2 Å². The fraction of sp³-hybridized carbons (Fsp3) is 0.312. The van der Waals surface area contributed by atoms with E-state index in [0.29, 0.717) is 31.8 Å². The Kier molecular flexibility index (Phi) is 4.00. The summed E-state index contributed by atoms with van der Waals surface area (Å²) in [5.74, 6) is 0.0238. The Hall–Kier alpha value is -2.50. The summed E-state index contributed by atoms with van der Waals surface area (Å²) in [6.45, 7) is 1.33. The number of rotatable bonds is 3. The van der Waals surface area contributed by atoms with Gasteiger partial charge in [-0.25, -0.2) is 14.4 Å². The van der Waals surface area contributed by atoms with Crippen molar-refractivity contribution >= 4 is 11.8 Å². The van der Waals surface area contributed by atoms with E-state index >= 15 is 0 Å². The molecule has 1 aromatic carbocycles. The summed E-state index contributed by atoms with van der Waals surface area (Å²) in [6, 6.07) is 7.86. The van der Waals surface area contributed by atoms with Gasteiger partial charge in [0, 0.05) is 24.8 Å². The molecule has 1 N–H and O–H groups in total. The molecule has 0 atom stereocenters. The number of carbonyl (C=O) groups is 1. The number of benzene rings is 1. The summed E-state index contributed by atoms with van der Waals surface area (Å²) in [7, 11) is 0. The number of carboxylic acids is 1. The second kappa shape index (κ2) is 6.09. The average molecular weight is 301 g/mol. The zero-order valence-electron chi connectivity index (χ0n) is 11.9. The molecule has 3 rings (SSSR count). The van der Waals surface area contributed by atoms with E-state index in [2.05, 4.69) is 14.9 Å². The van der Waals surface area contributed by atoms with Crippen LogP contribution in [0.4, 0.5) is 10.2 Å². The quantitative estimate of drug-likeness (QED) is 0.944. The Morgan fingerprint density at radius 3 is 2.50 bits per heavy atom. The molecular formula is C16H16FN3O2. The molecule has 114 valence electrons. The fourth-order valence-electron chi connectivity index (χ4n) is 2.62. The third kappa shape index (κ3) is 3.05. The van der Waals surface area contributed by atoms with Gasteiger partial charge in [-0.3, -0.25) is 4.79 Å². The molecule has 0 aliphatic carbocycles. The topological polar surface area (TPSA) is 66.3 Å². The van der Waals surface area contributed by atoms with Crippen molar-refractivity contribution in [1.29, 1.82) is 0 Å². The Morgan fingerprint density at radius 2 is 1.86 bits per heavy atom. The lowest BCUT2D eigenvalue weighted by Gasteiger charge is -2.31. The number of halogens is 1. The zero-order valence-corrected chi connectivity index (χ0v) is 11.9. The van der Waals surface area contributed by atoms with E-state index in [1.165, 1.54) is 12.1 Å². The molecule has 1 aliphatic heterocycles. The minimum absolute atomic E-state index is 0.269. The van der Waals surface area contributed by atoms with Gasteiger partial charge in [0.2, 0.25) is 0 Å². The van der Waals surface area contributed by atoms with Crippen molar-refractivity contribution in [2.24, 2.45) is 5.92 Å². The number of anilines is 1. The molecule has 2 heterocycles. The van der Waals surface area contributed by atoms with Crippen molar-refractivity contribution in [3.05, 3.63) is 42.3 Å². The van der Waals surface area contributed by atoms with Crippen LogP contribution in [0.15, 0.2) is 36.5 Å². The van der Waals surface area contributed by atoms with Gasteiger partial charge in [0.05, 0.1) is 5.92 Å². The summed E-state index contributed by atoms with van der Waals surface area (Å²) >= 11 is 0. The van der Waals surface area contributed by atoms with Crippen LogP contribution in [0.3, 0.4) is 0 Å². The van der Waals surface area contributed by atoms with E-state index in [0.717, 1.165) is 11.4 Å². The van der Waals surface area contributed by atoms with E-state index in [4.69, 9.17) is 5.11 Å². The van der Waals surface area contributed by atoms with E-state index in [1.807, 2.05) is 6.07 Å². The van der Waals surface area contributed by atoms with Crippen LogP contribution in [0, 0.1) is 11.7 Å². The molecule has 0 spiro atoms. The van der Waals surface area contributed by atoms with Crippen LogP contribution < -0.4 is 4.90 Å². The molecule has 1 fully saturated rings. The molecule has 0 bridgehead atoms. The Labute approximate surface area is 127 Å². The van der Waals surface area contributed by atoms with Gasteiger partial charge in [-0.1, -0.05) is 0 Å². The maximum atomic E-state index is 13.0. The van der Waals surface area contributed by atoms with Crippen molar-refractivity contribution < 1.29 is 14.3 Å². The lowest BCUT2D eigenvalue weighted by Crippen LogP contribution is -2.36. The average Bonchev–Trinajstić information content (AvgIpc) is 2.56. The Bertz CT molecular complexity index is 667. The maximum Gasteiger partial charge on any atom is 0.306 e. The standard InChI is InChI=1S/C16H16FN3O2/c17-13-3-1-11(2-4-13)15-18-8-5-14(19-15)20-9-6-12(7-10-20)16(21)22/h1-5,8,12H,6-7,9-10H2,(H,21,22). The predicted octanol–water partition coefficient (Wildman–Crippen LogP) is 2.58. The molecule has 0 radical (unpaired) electrons. The lowest BCUT2D eigenvalue weighted by atomic mass is 9.97.